The average Bonchev–Trinajstić information content (AvgIpc) is 3.25. The van der Waals surface area contributed by atoms with E-state index in [1.54, 1.807) is 24.3 Å². The molecule has 0 amide bonds. The first-order valence-corrected chi connectivity index (χ1v) is 9.50. The minimum atomic E-state index is -1.08. The second kappa shape index (κ2) is 10.4. The van der Waals surface area contributed by atoms with Crippen LogP contribution < -0.4 is 16.8 Å². The summed E-state index contributed by atoms with van der Waals surface area (Å²) in [5, 5.41) is 28.9. The smallest absolute Gasteiger partial charge is 0.337 e. The van der Waals surface area contributed by atoms with E-state index in [0.29, 0.717) is 28.3 Å². The first kappa shape index (κ1) is 23.4. The number of carboxylic acids is 2. The molecule has 0 unspecified atom stereocenters. The molecule has 4 aromatic rings. The van der Waals surface area contributed by atoms with Gasteiger partial charge in [0, 0.05) is 18.6 Å². The van der Waals surface area contributed by atoms with E-state index in [1.165, 1.54) is 47.5 Å². The summed E-state index contributed by atoms with van der Waals surface area (Å²) < 4.78 is 1.22. The molecule has 34 heavy (non-hydrogen) atoms. The number of aromatic carboxylic acids is 2. The van der Waals surface area contributed by atoms with Crippen molar-refractivity contribution in [3.05, 3.63) is 94.2 Å². The van der Waals surface area contributed by atoms with Gasteiger partial charge in [0.1, 0.15) is 5.82 Å². The zero-order chi connectivity index (χ0) is 24.7. The normalized spacial score (nSPS) is 9.88. The summed E-state index contributed by atoms with van der Waals surface area (Å²) in [5.74, 6) is 3.67. The summed E-state index contributed by atoms with van der Waals surface area (Å²) in [5.41, 5.74) is 3.77. The van der Waals surface area contributed by atoms with Crippen LogP contribution in [0.1, 0.15) is 26.3 Å². The van der Waals surface area contributed by atoms with Crippen LogP contribution in [0.5, 0.6) is 0 Å². The molecule has 0 bridgehead atoms. The topological polar surface area (TPSA) is 200 Å². The number of aromatic nitrogens is 4. The van der Waals surface area contributed by atoms with Crippen LogP contribution >= 0.6 is 0 Å². The molecule has 0 radical (unpaired) electrons. The van der Waals surface area contributed by atoms with E-state index in [1.807, 2.05) is 6.07 Å². The fraction of sp³-hybridized carbons (Fsp3) is 0. The van der Waals surface area contributed by atoms with Gasteiger partial charge in [-0.2, -0.15) is 5.26 Å². The molecule has 0 saturated heterocycles. The molecule has 0 fully saturated rings. The Morgan fingerprint density at radius 3 is 2.06 bits per heavy atom. The van der Waals surface area contributed by atoms with Gasteiger partial charge in [-0.3, -0.25) is 9.89 Å². The fourth-order valence-electron chi connectivity index (χ4n) is 2.72. The van der Waals surface area contributed by atoms with E-state index >= 15 is 0 Å². The fourth-order valence-corrected chi connectivity index (χ4v) is 2.72. The molecule has 12 heteroatoms. The van der Waals surface area contributed by atoms with Crippen molar-refractivity contribution in [1.82, 2.24) is 19.7 Å². The standard InChI is InChI=1S/C16H10N4O3.C6H7N3O2/c17-7-10-1-3-11(4-2-10)13-9-19-20(15(13)21)14-6-5-12(8-18-14)16(22)23;7-9-5-2-1-4(3-8-5)6(10)11/h1-6,8-9,19H,(H,22,23);1-3H,7H2,(H,8,9)(H,10,11). The maximum atomic E-state index is 12.5. The van der Waals surface area contributed by atoms with Gasteiger partial charge in [0.05, 0.1) is 28.3 Å². The number of H-pyrrole nitrogens is 1. The Bertz CT molecular complexity index is 1400. The van der Waals surface area contributed by atoms with Crippen molar-refractivity contribution in [2.45, 2.75) is 0 Å². The predicted octanol–water partition coefficient (Wildman–Crippen LogP) is 1.86. The van der Waals surface area contributed by atoms with E-state index < -0.39 is 11.9 Å². The maximum absolute atomic E-state index is 12.5. The second-order valence-corrected chi connectivity index (χ2v) is 6.61. The van der Waals surface area contributed by atoms with Crippen molar-refractivity contribution < 1.29 is 19.8 Å². The van der Waals surface area contributed by atoms with E-state index in [2.05, 4.69) is 20.5 Å². The van der Waals surface area contributed by atoms with Crippen LogP contribution in [0.2, 0.25) is 0 Å². The highest BCUT2D eigenvalue weighted by atomic mass is 16.4. The van der Waals surface area contributed by atoms with Gasteiger partial charge in [0.25, 0.3) is 5.56 Å². The predicted molar refractivity (Wildman–Crippen MR) is 120 cm³/mol. The number of carboxylic acid groups (broad SMARTS) is 2. The molecule has 0 atom stereocenters. The number of nitrogens with zero attached hydrogens (tertiary/aromatic N) is 4. The first-order chi connectivity index (χ1) is 16.3. The van der Waals surface area contributed by atoms with Crippen LogP contribution in [-0.2, 0) is 0 Å². The molecule has 3 heterocycles. The molecule has 0 aliphatic heterocycles. The lowest BCUT2D eigenvalue weighted by Crippen LogP contribution is -2.17. The van der Waals surface area contributed by atoms with Crippen molar-refractivity contribution >= 4 is 17.8 Å². The Kier molecular flexibility index (Phi) is 7.12. The van der Waals surface area contributed by atoms with Crippen molar-refractivity contribution in [3.8, 4) is 23.0 Å². The van der Waals surface area contributed by atoms with E-state index in [0.717, 1.165) is 0 Å². The molecule has 0 aliphatic carbocycles. The van der Waals surface area contributed by atoms with Crippen molar-refractivity contribution in [2.24, 2.45) is 5.84 Å². The summed E-state index contributed by atoms with van der Waals surface area (Å²) in [6, 6.07) is 14.4. The highest BCUT2D eigenvalue weighted by Crippen LogP contribution is 2.16. The van der Waals surface area contributed by atoms with Gasteiger partial charge in [-0.1, -0.05) is 12.1 Å². The number of anilines is 1. The molecule has 1 aromatic carbocycles. The summed E-state index contributed by atoms with van der Waals surface area (Å²) in [6.07, 6.45) is 3.96. The summed E-state index contributed by atoms with van der Waals surface area (Å²) >= 11 is 0. The van der Waals surface area contributed by atoms with Crippen LogP contribution in [0.25, 0.3) is 16.9 Å². The second-order valence-electron chi connectivity index (χ2n) is 6.61. The number of hydrogen-bond donors (Lipinski definition) is 5. The molecular formula is C22H17N7O5. The lowest BCUT2D eigenvalue weighted by Gasteiger charge is -2.00. The van der Waals surface area contributed by atoms with Crippen molar-refractivity contribution in [1.29, 1.82) is 5.26 Å². The van der Waals surface area contributed by atoms with Gasteiger partial charge in [0.15, 0.2) is 5.82 Å². The molecule has 0 aliphatic rings. The lowest BCUT2D eigenvalue weighted by atomic mass is 10.1. The summed E-state index contributed by atoms with van der Waals surface area (Å²) in [4.78, 5) is 41.3. The van der Waals surface area contributed by atoms with Gasteiger partial charge < -0.3 is 15.6 Å². The Hall–Kier alpha value is -5.28. The number of benzene rings is 1. The quantitative estimate of drug-likeness (QED) is 0.217. The molecule has 170 valence electrons. The first-order valence-electron chi connectivity index (χ1n) is 9.50. The SMILES string of the molecule is N#Cc1ccc(-c2c[nH]n(-c3ccc(C(=O)O)cn3)c2=O)cc1.NNc1ccc(C(=O)O)cn1. The average molecular weight is 459 g/mol. The number of nitriles is 1. The zero-order valence-electron chi connectivity index (χ0n) is 17.3. The van der Waals surface area contributed by atoms with E-state index in [9.17, 15) is 14.4 Å². The molecule has 4 rings (SSSR count). The number of nitrogens with one attached hydrogen (secondary N) is 2. The Morgan fingerprint density at radius 2 is 1.59 bits per heavy atom. The number of rotatable bonds is 5. The van der Waals surface area contributed by atoms with Gasteiger partial charge in [-0.15, -0.1) is 0 Å². The number of pyridine rings is 2. The molecule has 0 spiro atoms. The number of carbonyl (C=O) groups is 2. The summed E-state index contributed by atoms with van der Waals surface area (Å²) in [6.45, 7) is 0. The summed E-state index contributed by atoms with van der Waals surface area (Å²) in [7, 11) is 0. The number of nitrogens with two attached hydrogens (primary N) is 1. The van der Waals surface area contributed by atoms with Gasteiger partial charge in [-0.25, -0.2) is 30.1 Å². The van der Waals surface area contributed by atoms with E-state index in [-0.39, 0.29) is 16.7 Å². The molecule has 0 saturated carbocycles. The lowest BCUT2D eigenvalue weighted by molar-refractivity contribution is 0.0685. The largest absolute Gasteiger partial charge is 0.478 e. The van der Waals surface area contributed by atoms with Crippen LogP contribution in [0.4, 0.5) is 5.82 Å². The maximum Gasteiger partial charge on any atom is 0.337 e. The van der Waals surface area contributed by atoms with Crippen LogP contribution in [0.15, 0.2) is 71.9 Å². The highest BCUT2D eigenvalue weighted by Gasteiger charge is 2.11. The third-order valence-electron chi connectivity index (χ3n) is 4.48. The Balaban J connectivity index is 0.000000248. The molecular weight excluding hydrogens is 442 g/mol. The van der Waals surface area contributed by atoms with Gasteiger partial charge in [-0.05, 0) is 42.0 Å². The minimum absolute atomic E-state index is 0.0423. The highest BCUT2D eigenvalue weighted by molar-refractivity contribution is 5.87. The van der Waals surface area contributed by atoms with Crippen molar-refractivity contribution in [2.75, 3.05) is 5.43 Å². The third-order valence-corrected chi connectivity index (χ3v) is 4.48. The van der Waals surface area contributed by atoms with Crippen LogP contribution in [0.3, 0.4) is 0 Å². The Labute approximate surface area is 191 Å². The molecule has 12 nitrogen and oxygen atoms in total. The van der Waals surface area contributed by atoms with Crippen LogP contribution in [-0.4, -0.2) is 41.9 Å². The van der Waals surface area contributed by atoms with Gasteiger partial charge in [0.2, 0.25) is 0 Å². The number of hydrogen-bond acceptors (Lipinski definition) is 8. The van der Waals surface area contributed by atoms with Crippen LogP contribution in [0, 0.1) is 11.3 Å². The number of nitrogen functional groups attached to an aromatic ring is 1. The zero-order valence-corrected chi connectivity index (χ0v) is 17.3. The molecule has 6 N–H and O–H groups in total. The van der Waals surface area contributed by atoms with Gasteiger partial charge >= 0.3 is 11.9 Å². The Morgan fingerprint density at radius 1 is 0.971 bits per heavy atom. The number of aromatic amines is 1. The monoisotopic (exact) mass is 459 g/mol. The number of hydrazine groups is 1. The minimum Gasteiger partial charge on any atom is -0.478 e. The van der Waals surface area contributed by atoms with Crippen molar-refractivity contribution in [3.63, 3.8) is 0 Å². The van der Waals surface area contributed by atoms with E-state index in [4.69, 9.17) is 21.3 Å². The molecule has 3 aromatic heterocycles. The third kappa shape index (κ3) is 5.31.